The Morgan fingerprint density at radius 3 is 3.08 bits per heavy atom. The molecule has 3 rings (SSSR count). The largest absolute Gasteiger partial charge is 0.461 e. The van der Waals surface area contributed by atoms with Crippen LogP contribution < -0.4 is 4.74 Å². The van der Waals surface area contributed by atoms with Gasteiger partial charge in [-0.2, -0.15) is 0 Å². The molecule has 3 nitrogen and oxygen atoms in total. The van der Waals surface area contributed by atoms with Crippen LogP contribution in [0.2, 0.25) is 5.02 Å². The van der Waals surface area contributed by atoms with Gasteiger partial charge in [0.25, 0.3) is 0 Å². The molecule has 2 heterocycles. The van der Waals surface area contributed by atoms with Crippen LogP contribution in [0.15, 0.2) is 18.2 Å². The van der Waals surface area contributed by atoms with Gasteiger partial charge in [-0.15, -0.1) is 0 Å². The molecular formula is C9H5ClO3. The molecule has 2 unspecified atom stereocenters. The van der Waals surface area contributed by atoms with Crippen LogP contribution in [0.25, 0.3) is 0 Å². The molecule has 0 radical (unpaired) electrons. The molecule has 13 heavy (non-hydrogen) atoms. The summed E-state index contributed by atoms with van der Waals surface area (Å²) in [5.74, 6) is 0.530. The van der Waals surface area contributed by atoms with Crippen molar-refractivity contribution < 1.29 is 14.3 Å². The monoisotopic (exact) mass is 196 g/mol. The Balaban J connectivity index is 2.16. The normalized spacial score (nSPS) is 28.8. The number of benzene rings is 1. The quantitative estimate of drug-likeness (QED) is 0.592. The van der Waals surface area contributed by atoms with E-state index in [1.54, 1.807) is 18.2 Å². The van der Waals surface area contributed by atoms with Crippen molar-refractivity contribution in [3.8, 4) is 5.75 Å². The molecule has 1 aromatic rings. The number of carbonyl (C=O) groups is 1. The van der Waals surface area contributed by atoms with Crippen LogP contribution >= 0.6 is 11.6 Å². The Morgan fingerprint density at radius 1 is 1.38 bits per heavy atom. The van der Waals surface area contributed by atoms with E-state index in [2.05, 4.69) is 0 Å². The van der Waals surface area contributed by atoms with Crippen molar-refractivity contribution >= 4 is 17.4 Å². The zero-order valence-electron chi connectivity index (χ0n) is 6.49. The lowest BCUT2D eigenvalue weighted by atomic mass is 10.1. The minimum absolute atomic E-state index is 0.0336. The molecule has 1 saturated heterocycles. The first kappa shape index (κ1) is 7.35. The van der Waals surface area contributed by atoms with Gasteiger partial charge in [-0.1, -0.05) is 11.6 Å². The molecule has 0 saturated carbocycles. The molecule has 0 bridgehead atoms. The molecular weight excluding hydrogens is 192 g/mol. The van der Waals surface area contributed by atoms with Crippen LogP contribution in [0.4, 0.5) is 0 Å². The lowest BCUT2D eigenvalue weighted by Gasteiger charge is -2.11. The highest BCUT2D eigenvalue weighted by atomic mass is 35.5. The predicted molar refractivity (Wildman–Crippen MR) is 45.1 cm³/mol. The number of halogens is 1. The lowest BCUT2D eigenvalue weighted by molar-refractivity contribution is 0.0946. The van der Waals surface area contributed by atoms with Crippen molar-refractivity contribution in [2.24, 2.45) is 0 Å². The Kier molecular flexibility index (Phi) is 1.27. The summed E-state index contributed by atoms with van der Waals surface area (Å²) < 4.78 is 10.3. The number of carbonyl (C=O) groups excluding carboxylic acids is 1. The highest BCUT2D eigenvalue weighted by molar-refractivity contribution is 6.31. The zero-order valence-corrected chi connectivity index (χ0v) is 7.25. The van der Waals surface area contributed by atoms with Gasteiger partial charge in [0.1, 0.15) is 5.75 Å². The summed E-state index contributed by atoms with van der Waals surface area (Å²) in [5.41, 5.74) is 0.520. The zero-order chi connectivity index (χ0) is 9.00. The van der Waals surface area contributed by atoms with Gasteiger partial charge in [-0.05, 0) is 18.2 Å². The van der Waals surface area contributed by atoms with Crippen molar-refractivity contribution in [3.05, 3.63) is 28.8 Å². The maximum atomic E-state index is 11.5. The molecule has 0 aliphatic carbocycles. The summed E-state index contributed by atoms with van der Waals surface area (Å²) in [4.78, 5) is 11.5. The van der Waals surface area contributed by atoms with E-state index in [0.29, 0.717) is 16.3 Å². The Hall–Kier alpha value is -1.06. The standard InChI is InChI=1S/C9H5ClO3/c10-4-1-2-6-5(3-4)7(11)8-9(12-6)13-8/h1-3,8-9H. The molecule has 2 aliphatic heterocycles. The fourth-order valence-corrected chi connectivity index (χ4v) is 1.62. The Bertz CT molecular complexity index is 402. The number of hydrogen-bond donors (Lipinski definition) is 0. The Labute approximate surface area is 79.2 Å². The number of epoxide rings is 1. The predicted octanol–water partition coefficient (Wildman–Crippen LogP) is 1.64. The number of ketones is 1. The molecule has 2 atom stereocenters. The number of fused-ring (bicyclic) bond motifs is 2. The van der Waals surface area contributed by atoms with Gasteiger partial charge in [0.15, 0.2) is 6.10 Å². The summed E-state index contributed by atoms with van der Waals surface area (Å²) in [6.07, 6.45) is -0.757. The van der Waals surface area contributed by atoms with E-state index in [-0.39, 0.29) is 12.1 Å². The third-order valence-corrected chi connectivity index (χ3v) is 2.40. The second-order valence-electron chi connectivity index (χ2n) is 3.05. The average molecular weight is 197 g/mol. The fourth-order valence-electron chi connectivity index (χ4n) is 1.45. The third-order valence-electron chi connectivity index (χ3n) is 2.16. The summed E-state index contributed by atoms with van der Waals surface area (Å²) in [6, 6.07) is 4.99. The van der Waals surface area contributed by atoms with E-state index in [1.807, 2.05) is 0 Å². The second-order valence-corrected chi connectivity index (χ2v) is 3.48. The second kappa shape index (κ2) is 2.25. The minimum atomic E-state index is -0.397. The van der Waals surface area contributed by atoms with Crippen molar-refractivity contribution in [2.75, 3.05) is 0 Å². The SMILES string of the molecule is O=C1c2cc(Cl)ccc2OC2OC12. The molecule has 1 aromatic carbocycles. The van der Waals surface area contributed by atoms with E-state index in [4.69, 9.17) is 21.1 Å². The third kappa shape index (κ3) is 0.975. The van der Waals surface area contributed by atoms with Crippen molar-refractivity contribution in [2.45, 2.75) is 12.4 Å². The van der Waals surface area contributed by atoms with E-state index in [0.717, 1.165) is 0 Å². The summed E-state index contributed by atoms with van der Waals surface area (Å²) in [5, 5.41) is 0.537. The molecule has 1 fully saturated rings. The number of rotatable bonds is 0. The summed E-state index contributed by atoms with van der Waals surface area (Å²) in [7, 11) is 0. The van der Waals surface area contributed by atoms with Gasteiger partial charge in [-0.3, -0.25) is 4.79 Å². The molecule has 66 valence electrons. The highest BCUT2D eigenvalue weighted by Crippen LogP contribution is 2.38. The van der Waals surface area contributed by atoms with Gasteiger partial charge >= 0.3 is 0 Å². The first-order valence-electron chi connectivity index (χ1n) is 3.91. The number of hydrogen-bond acceptors (Lipinski definition) is 3. The van der Waals surface area contributed by atoms with Crippen molar-refractivity contribution in [3.63, 3.8) is 0 Å². The highest BCUT2D eigenvalue weighted by Gasteiger charge is 2.52. The van der Waals surface area contributed by atoms with Gasteiger partial charge < -0.3 is 9.47 Å². The van der Waals surface area contributed by atoms with Crippen LogP contribution in [0.5, 0.6) is 5.75 Å². The molecule has 0 amide bonds. The Morgan fingerprint density at radius 2 is 2.23 bits per heavy atom. The van der Waals surface area contributed by atoms with Gasteiger partial charge in [0, 0.05) is 5.02 Å². The molecule has 0 spiro atoms. The molecule has 0 aromatic heterocycles. The van der Waals surface area contributed by atoms with E-state index < -0.39 is 6.10 Å². The van der Waals surface area contributed by atoms with Crippen LogP contribution in [-0.2, 0) is 4.74 Å². The number of Topliss-reactive ketones (excluding diaryl/α,β-unsaturated/α-hetero) is 1. The van der Waals surface area contributed by atoms with Crippen LogP contribution in [0.1, 0.15) is 10.4 Å². The summed E-state index contributed by atoms with van der Waals surface area (Å²) >= 11 is 5.75. The van der Waals surface area contributed by atoms with E-state index in [1.165, 1.54) is 0 Å². The smallest absolute Gasteiger partial charge is 0.235 e. The minimum Gasteiger partial charge on any atom is -0.461 e. The van der Waals surface area contributed by atoms with Gasteiger partial charge in [0.2, 0.25) is 12.1 Å². The van der Waals surface area contributed by atoms with Gasteiger partial charge in [-0.25, -0.2) is 0 Å². The van der Waals surface area contributed by atoms with Gasteiger partial charge in [0.05, 0.1) is 5.56 Å². The lowest BCUT2D eigenvalue weighted by Crippen LogP contribution is -2.20. The van der Waals surface area contributed by atoms with Crippen molar-refractivity contribution in [1.82, 2.24) is 0 Å². The first-order valence-corrected chi connectivity index (χ1v) is 4.29. The van der Waals surface area contributed by atoms with Crippen LogP contribution in [0, 0.1) is 0 Å². The molecule has 0 N–H and O–H groups in total. The van der Waals surface area contributed by atoms with E-state index >= 15 is 0 Å². The van der Waals surface area contributed by atoms with Crippen molar-refractivity contribution in [1.29, 1.82) is 0 Å². The summed E-state index contributed by atoms with van der Waals surface area (Å²) in [6.45, 7) is 0. The maximum Gasteiger partial charge on any atom is 0.235 e. The average Bonchev–Trinajstić information content (AvgIpc) is 2.86. The maximum absolute atomic E-state index is 11.5. The molecule has 2 aliphatic rings. The molecule has 4 heteroatoms. The first-order chi connectivity index (χ1) is 6.25. The van der Waals surface area contributed by atoms with Crippen LogP contribution in [-0.4, -0.2) is 18.2 Å². The van der Waals surface area contributed by atoms with Crippen LogP contribution in [0.3, 0.4) is 0 Å². The fraction of sp³-hybridized carbons (Fsp3) is 0.222. The number of ether oxygens (including phenoxy) is 2. The topological polar surface area (TPSA) is 38.8 Å². The van der Waals surface area contributed by atoms with E-state index in [9.17, 15) is 4.79 Å².